The molecule has 0 atom stereocenters. The normalized spacial score (nSPS) is 10.9. The third kappa shape index (κ3) is 5.49. The van der Waals surface area contributed by atoms with E-state index in [0.29, 0.717) is 5.02 Å². The second-order valence-corrected chi connectivity index (χ2v) is 4.96. The van der Waals surface area contributed by atoms with Gasteiger partial charge in [-0.2, -0.15) is 0 Å². The summed E-state index contributed by atoms with van der Waals surface area (Å²) in [6.45, 7) is 1.45. The van der Waals surface area contributed by atoms with Gasteiger partial charge in [-0.25, -0.2) is 0 Å². The summed E-state index contributed by atoms with van der Waals surface area (Å²) in [5.41, 5.74) is 3.11. The van der Waals surface area contributed by atoms with Crippen LogP contribution in [-0.2, 0) is 28.9 Å². The lowest BCUT2D eigenvalue weighted by atomic mass is 10.00. The molecule has 0 aromatic heterocycles. The molecule has 0 heterocycles. The van der Waals surface area contributed by atoms with Crippen LogP contribution in [0.1, 0.15) is 29.5 Å². The largest absolute Gasteiger partial charge is 0.392 e. The van der Waals surface area contributed by atoms with Crippen LogP contribution in [0.3, 0.4) is 0 Å². The Morgan fingerprint density at radius 1 is 1.00 bits per heavy atom. The second kappa shape index (κ2) is 9.32. The highest BCUT2D eigenvalue weighted by atomic mass is 35.5. The van der Waals surface area contributed by atoms with Crippen molar-refractivity contribution in [3.05, 3.63) is 33.8 Å². The van der Waals surface area contributed by atoms with Gasteiger partial charge in [0.1, 0.15) is 0 Å². The number of methoxy groups -OCH3 is 2. The zero-order valence-corrected chi connectivity index (χ0v) is 12.5. The van der Waals surface area contributed by atoms with Crippen LogP contribution >= 0.6 is 11.6 Å². The molecule has 4 heteroatoms. The molecule has 1 rings (SSSR count). The van der Waals surface area contributed by atoms with Gasteiger partial charge in [-0.3, -0.25) is 0 Å². The first-order valence-electron chi connectivity index (χ1n) is 6.61. The van der Waals surface area contributed by atoms with E-state index in [2.05, 4.69) is 6.07 Å². The van der Waals surface area contributed by atoms with Gasteiger partial charge in [0, 0.05) is 32.5 Å². The predicted molar refractivity (Wildman–Crippen MR) is 77.8 cm³/mol. The molecule has 0 bridgehead atoms. The lowest BCUT2D eigenvalue weighted by Crippen LogP contribution is -2.00. The molecular formula is C15H23ClO3. The van der Waals surface area contributed by atoms with Crippen LogP contribution in [0.2, 0.25) is 5.02 Å². The van der Waals surface area contributed by atoms with Crippen molar-refractivity contribution in [2.75, 3.05) is 27.4 Å². The van der Waals surface area contributed by atoms with E-state index in [1.807, 2.05) is 6.07 Å². The summed E-state index contributed by atoms with van der Waals surface area (Å²) in [5, 5.41) is 10.1. The molecule has 0 amide bonds. The molecule has 0 aliphatic heterocycles. The summed E-state index contributed by atoms with van der Waals surface area (Å²) >= 11 is 6.30. The number of ether oxygens (including phenoxy) is 2. The zero-order valence-electron chi connectivity index (χ0n) is 11.7. The fourth-order valence-electron chi connectivity index (χ4n) is 2.09. The van der Waals surface area contributed by atoms with Crippen LogP contribution in [0.5, 0.6) is 0 Å². The third-order valence-electron chi connectivity index (χ3n) is 3.06. The minimum atomic E-state index is -0.0196. The average Bonchev–Trinajstić information content (AvgIpc) is 2.42. The Bertz CT molecular complexity index is 380. The highest BCUT2D eigenvalue weighted by Crippen LogP contribution is 2.25. The van der Waals surface area contributed by atoms with Gasteiger partial charge >= 0.3 is 0 Å². The van der Waals surface area contributed by atoms with Crippen molar-refractivity contribution in [1.82, 2.24) is 0 Å². The van der Waals surface area contributed by atoms with Crippen molar-refractivity contribution in [1.29, 1.82) is 0 Å². The van der Waals surface area contributed by atoms with Crippen molar-refractivity contribution >= 4 is 11.6 Å². The topological polar surface area (TPSA) is 38.7 Å². The minimum Gasteiger partial charge on any atom is -0.392 e. The van der Waals surface area contributed by atoms with Crippen LogP contribution in [-0.4, -0.2) is 32.5 Å². The van der Waals surface area contributed by atoms with Crippen LogP contribution in [0, 0.1) is 0 Å². The van der Waals surface area contributed by atoms with Gasteiger partial charge in [-0.15, -0.1) is 0 Å². The maximum Gasteiger partial charge on any atom is 0.0696 e. The monoisotopic (exact) mass is 286 g/mol. The molecule has 0 aliphatic carbocycles. The van der Waals surface area contributed by atoms with Gasteiger partial charge in [-0.1, -0.05) is 23.7 Å². The molecular weight excluding hydrogens is 264 g/mol. The van der Waals surface area contributed by atoms with Gasteiger partial charge in [-0.05, 0) is 42.4 Å². The minimum absolute atomic E-state index is 0.0196. The lowest BCUT2D eigenvalue weighted by molar-refractivity contribution is 0.195. The number of aryl methyl sites for hydroxylation is 2. The molecule has 0 radical (unpaired) electrons. The summed E-state index contributed by atoms with van der Waals surface area (Å²) in [6, 6.07) is 4.12. The molecule has 1 N–H and O–H groups in total. The van der Waals surface area contributed by atoms with Gasteiger partial charge in [0.05, 0.1) is 6.61 Å². The summed E-state index contributed by atoms with van der Waals surface area (Å²) in [5.74, 6) is 0. The summed E-state index contributed by atoms with van der Waals surface area (Å²) in [4.78, 5) is 0. The number of hydrogen-bond acceptors (Lipinski definition) is 3. The second-order valence-electron chi connectivity index (χ2n) is 4.58. The number of aliphatic hydroxyl groups excluding tert-OH is 1. The molecule has 19 heavy (non-hydrogen) atoms. The third-order valence-corrected chi connectivity index (χ3v) is 3.55. The number of halogens is 1. The molecule has 1 aromatic carbocycles. The van der Waals surface area contributed by atoms with Crippen molar-refractivity contribution in [3.63, 3.8) is 0 Å². The molecule has 0 unspecified atom stereocenters. The standard InChI is InChI=1S/C15H23ClO3/c1-18-7-3-5-12-9-13(6-4-8-19-2)15(16)14(10-12)11-17/h9-10,17H,3-8,11H2,1-2H3. The highest BCUT2D eigenvalue weighted by Gasteiger charge is 2.08. The van der Waals surface area contributed by atoms with E-state index in [-0.39, 0.29) is 6.61 Å². The van der Waals surface area contributed by atoms with Crippen molar-refractivity contribution in [2.24, 2.45) is 0 Å². The smallest absolute Gasteiger partial charge is 0.0696 e. The first-order valence-corrected chi connectivity index (χ1v) is 6.99. The number of aliphatic hydroxyl groups is 1. The fourth-order valence-corrected chi connectivity index (χ4v) is 2.35. The maximum absolute atomic E-state index is 9.38. The van der Waals surface area contributed by atoms with Crippen LogP contribution < -0.4 is 0 Å². The van der Waals surface area contributed by atoms with Gasteiger partial charge < -0.3 is 14.6 Å². The molecule has 0 spiro atoms. The van der Waals surface area contributed by atoms with Gasteiger partial charge in [0.2, 0.25) is 0 Å². The Hall–Kier alpha value is -0.610. The van der Waals surface area contributed by atoms with Crippen LogP contribution in [0.4, 0.5) is 0 Å². The van der Waals surface area contributed by atoms with E-state index in [0.717, 1.165) is 50.0 Å². The van der Waals surface area contributed by atoms with Gasteiger partial charge in [0.25, 0.3) is 0 Å². The predicted octanol–water partition coefficient (Wildman–Crippen LogP) is 2.99. The number of benzene rings is 1. The Morgan fingerprint density at radius 2 is 1.58 bits per heavy atom. The van der Waals surface area contributed by atoms with Crippen molar-refractivity contribution in [3.8, 4) is 0 Å². The van der Waals surface area contributed by atoms with Crippen LogP contribution in [0.15, 0.2) is 12.1 Å². The van der Waals surface area contributed by atoms with Crippen molar-refractivity contribution in [2.45, 2.75) is 32.3 Å². The first kappa shape index (κ1) is 16.4. The highest BCUT2D eigenvalue weighted by molar-refractivity contribution is 6.32. The first-order chi connectivity index (χ1) is 9.22. The molecule has 3 nitrogen and oxygen atoms in total. The Balaban J connectivity index is 2.78. The summed E-state index contributed by atoms with van der Waals surface area (Å²) in [6.07, 6.45) is 3.72. The van der Waals surface area contributed by atoms with Crippen molar-refractivity contribution < 1.29 is 14.6 Å². The maximum atomic E-state index is 9.38. The van der Waals surface area contributed by atoms with Gasteiger partial charge in [0.15, 0.2) is 0 Å². The molecule has 0 aliphatic rings. The van der Waals surface area contributed by atoms with E-state index in [1.54, 1.807) is 14.2 Å². The van der Waals surface area contributed by atoms with E-state index in [1.165, 1.54) is 5.56 Å². The number of hydrogen-bond donors (Lipinski definition) is 1. The van der Waals surface area contributed by atoms with Crippen LogP contribution in [0.25, 0.3) is 0 Å². The molecule has 0 fully saturated rings. The molecule has 1 aromatic rings. The Kier molecular flexibility index (Phi) is 8.07. The lowest BCUT2D eigenvalue weighted by Gasteiger charge is -2.12. The quantitative estimate of drug-likeness (QED) is 0.709. The Labute approximate surface area is 120 Å². The molecule has 0 saturated heterocycles. The summed E-state index contributed by atoms with van der Waals surface area (Å²) in [7, 11) is 3.40. The number of rotatable bonds is 9. The van der Waals surface area contributed by atoms with E-state index in [4.69, 9.17) is 21.1 Å². The zero-order chi connectivity index (χ0) is 14.1. The SMILES string of the molecule is COCCCc1cc(CO)c(Cl)c(CCCOC)c1. The fraction of sp³-hybridized carbons (Fsp3) is 0.600. The molecule has 0 saturated carbocycles. The Morgan fingerprint density at radius 3 is 2.16 bits per heavy atom. The molecule has 108 valence electrons. The van der Waals surface area contributed by atoms with E-state index < -0.39 is 0 Å². The average molecular weight is 287 g/mol. The van der Waals surface area contributed by atoms with E-state index >= 15 is 0 Å². The van der Waals surface area contributed by atoms with E-state index in [9.17, 15) is 5.11 Å². The summed E-state index contributed by atoms with van der Waals surface area (Å²) < 4.78 is 10.1.